The number of anilines is 1. The van der Waals surface area contributed by atoms with Crippen molar-refractivity contribution in [2.75, 3.05) is 19.0 Å². The Kier molecular flexibility index (Phi) is 4.60. The summed E-state index contributed by atoms with van der Waals surface area (Å²) in [4.78, 5) is 14.0. The molecule has 0 radical (unpaired) electrons. The van der Waals surface area contributed by atoms with Gasteiger partial charge in [-0.1, -0.05) is 0 Å². The van der Waals surface area contributed by atoms with E-state index in [1.165, 1.54) is 0 Å². The van der Waals surface area contributed by atoms with Gasteiger partial charge in [0.25, 0.3) is 0 Å². The highest BCUT2D eigenvalue weighted by atomic mass is 16.6. The summed E-state index contributed by atoms with van der Waals surface area (Å²) in [6.45, 7) is 6.37. The first-order valence-corrected chi connectivity index (χ1v) is 7.29. The molecule has 1 fully saturated rings. The molecule has 1 atom stereocenters. The van der Waals surface area contributed by atoms with Crippen LogP contribution in [0.15, 0.2) is 24.3 Å². The van der Waals surface area contributed by atoms with Gasteiger partial charge < -0.3 is 14.8 Å². The molecule has 1 aliphatic heterocycles. The Morgan fingerprint density at radius 1 is 1.29 bits per heavy atom. The largest absolute Gasteiger partial charge is 0.497 e. The number of benzene rings is 1. The van der Waals surface area contributed by atoms with Crippen LogP contribution in [0.2, 0.25) is 0 Å². The van der Waals surface area contributed by atoms with Crippen molar-refractivity contribution >= 4 is 11.8 Å². The Hall–Kier alpha value is -1.91. The van der Waals surface area contributed by atoms with E-state index in [-0.39, 0.29) is 12.3 Å². The number of ether oxygens (including phenoxy) is 2. The third kappa shape index (κ3) is 4.28. The average Bonchev–Trinajstić information content (AvgIpc) is 2.86. The van der Waals surface area contributed by atoms with Crippen LogP contribution < -0.4 is 10.1 Å². The molecule has 1 unspecified atom stereocenters. The zero-order valence-electron chi connectivity index (χ0n) is 13.2. The van der Waals surface area contributed by atoms with Crippen molar-refractivity contribution in [2.45, 2.75) is 45.4 Å². The lowest BCUT2D eigenvalue weighted by atomic mass is 10.2. The lowest BCUT2D eigenvalue weighted by Crippen LogP contribution is -2.43. The monoisotopic (exact) mass is 292 g/mol. The van der Waals surface area contributed by atoms with Crippen molar-refractivity contribution in [3.63, 3.8) is 0 Å². The molecule has 1 aliphatic rings. The first kappa shape index (κ1) is 15.5. The van der Waals surface area contributed by atoms with E-state index in [1.807, 2.05) is 45.0 Å². The number of carbonyl (C=O) groups is 1. The molecule has 0 aromatic heterocycles. The number of methoxy groups -OCH3 is 1. The number of nitrogens with one attached hydrogen (secondary N) is 1. The van der Waals surface area contributed by atoms with E-state index in [2.05, 4.69) is 5.32 Å². The van der Waals surface area contributed by atoms with Crippen molar-refractivity contribution in [3.8, 4) is 5.75 Å². The summed E-state index contributed by atoms with van der Waals surface area (Å²) in [5.74, 6) is 0.816. The van der Waals surface area contributed by atoms with Crippen molar-refractivity contribution in [2.24, 2.45) is 0 Å². The maximum absolute atomic E-state index is 12.2. The Labute approximate surface area is 126 Å². The minimum atomic E-state index is -0.468. The zero-order valence-corrected chi connectivity index (χ0v) is 13.2. The average molecular weight is 292 g/mol. The maximum atomic E-state index is 12.2. The van der Waals surface area contributed by atoms with Gasteiger partial charge >= 0.3 is 6.09 Å². The lowest BCUT2D eigenvalue weighted by molar-refractivity contribution is 0.0244. The highest BCUT2D eigenvalue weighted by molar-refractivity contribution is 5.69. The number of nitrogens with zero attached hydrogens (tertiary/aromatic N) is 1. The normalized spacial score (nSPS) is 18.5. The van der Waals surface area contributed by atoms with Crippen molar-refractivity contribution in [3.05, 3.63) is 24.3 Å². The molecule has 21 heavy (non-hydrogen) atoms. The van der Waals surface area contributed by atoms with Gasteiger partial charge in [0.15, 0.2) is 0 Å². The minimum Gasteiger partial charge on any atom is -0.497 e. The predicted molar refractivity (Wildman–Crippen MR) is 82.6 cm³/mol. The van der Waals surface area contributed by atoms with Crippen LogP contribution in [0.4, 0.5) is 10.5 Å². The van der Waals surface area contributed by atoms with Crippen molar-refractivity contribution in [1.82, 2.24) is 4.90 Å². The topological polar surface area (TPSA) is 50.8 Å². The van der Waals surface area contributed by atoms with Crippen LogP contribution in [-0.2, 0) is 4.74 Å². The van der Waals surface area contributed by atoms with Gasteiger partial charge in [-0.25, -0.2) is 4.79 Å². The van der Waals surface area contributed by atoms with Gasteiger partial charge in [0.2, 0.25) is 0 Å². The summed E-state index contributed by atoms with van der Waals surface area (Å²) in [7, 11) is 1.64. The zero-order chi connectivity index (χ0) is 15.5. The number of carbonyl (C=O) groups excluding carboxylic acids is 1. The quantitative estimate of drug-likeness (QED) is 0.927. The third-order valence-corrected chi connectivity index (χ3v) is 3.30. The van der Waals surface area contributed by atoms with E-state index in [0.29, 0.717) is 0 Å². The molecule has 2 rings (SSSR count). The van der Waals surface area contributed by atoms with Gasteiger partial charge in [-0.05, 0) is 57.9 Å². The van der Waals surface area contributed by atoms with E-state index in [9.17, 15) is 4.79 Å². The predicted octanol–water partition coefficient (Wildman–Crippen LogP) is 3.46. The van der Waals surface area contributed by atoms with E-state index >= 15 is 0 Å². The second-order valence-corrected chi connectivity index (χ2v) is 6.20. The molecule has 5 nitrogen and oxygen atoms in total. The molecule has 1 N–H and O–H groups in total. The van der Waals surface area contributed by atoms with Crippen LogP contribution in [0.3, 0.4) is 0 Å². The number of amides is 1. The Balaban J connectivity index is 1.99. The number of likely N-dealkylation sites (tertiary alicyclic amines) is 1. The van der Waals surface area contributed by atoms with Crippen LogP contribution in [0.5, 0.6) is 5.75 Å². The summed E-state index contributed by atoms with van der Waals surface area (Å²) in [6, 6.07) is 7.69. The molecule has 0 bridgehead atoms. The number of rotatable bonds is 3. The smallest absolute Gasteiger partial charge is 0.411 e. The van der Waals surface area contributed by atoms with Gasteiger partial charge in [0.05, 0.1) is 7.11 Å². The Morgan fingerprint density at radius 2 is 1.95 bits per heavy atom. The lowest BCUT2D eigenvalue weighted by Gasteiger charge is -2.29. The third-order valence-electron chi connectivity index (χ3n) is 3.30. The van der Waals surface area contributed by atoms with Gasteiger partial charge in [-0.3, -0.25) is 4.90 Å². The van der Waals surface area contributed by atoms with Gasteiger partial charge in [-0.15, -0.1) is 0 Å². The molecule has 1 aromatic rings. The molecule has 0 saturated carbocycles. The maximum Gasteiger partial charge on any atom is 0.411 e. The summed E-state index contributed by atoms with van der Waals surface area (Å²) >= 11 is 0. The highest BCUT2D eigenvalue weighted by Gasteiger charge is 2.32. The first-order valence-electron chi connectivity index (χ1n) is 7.29. The van der Waals surface area contributed by atoms with E-state index in [0.717, 1.165) is 30.8 Å². The Morgan fingerprint density at radius 3 is 2.52 bits per heavy atom. The molecule has 1 amide bonds. The van der Waals surface area contributed by atoms with E-state index < -0.39 is 5.60 Å². The highest BCUT2D eigenvalue weighted by Crippen LogP contribution is 2.23. The van der Waals surface area contributed by atoms with Gasteiger partial charge in [-0.2, -0.15) is 0 Å². The van der Waals surface area contributed by atoms with Crippen molar-refractivity contribution < 1.29 is 14.3 Å². The summed E-state index contributed by atoms with van der Waals surface area (Å²) in [6.07, 6.45) is 1.62. The molecular formula is C16H24N2O3. The fourth-order valence-corrected chi connectivity index (χ4v) is 2.34. The molecule has 0 aliphatic carbocycles. The minimum absolute atomic E-state index is 0.0201. The molecule has 5 heteroatoms. The van der Waals surface area contributed by atoms with Crippen LogP contribution in [0, 0.1) is 0 Å². The molecule has 1 heterocycles. The summed E-state index contributed by atoms with van der Waals surface area (Å²) in [5.41, 5.74) is 0.501. The summed E-state index contributed by atoms with van der Waals surface area (Å²) < 4.78 is 10.6. The van der Waals surface area contributed by atoms with Crippen LogP contribution in [0.25, 0.3) is 0 Å². The SMILES string of the molecule is COc1ccc(NC2CCCN2C(=O)OC(C)(C)C)cc1. The van der Waals surface area contributed by atoms with Crippen molar-refractivity contribution in [1.29, 1.82) is 0 Å². The fraction of sp³-hybridized carbons (Fsp3) is 0.562. The van der Waals surface area contributed by atoms with E-state index in [1.54, 1.807) is 12.0 Å². The van der Waals surface area contributed by atoms with Crippen LogP contribution in [0.1, 0.15) is 33.6 Å². The Bertz CT molecular complexity index is 479. The molecule has 116 valence electrons. The molecule has 1 aromatic carbocycles. The number of hydrogen-bond acceptors (Lipinski definition) is 4. The fourth-order valence-electron chi connectivity index (χ4n) is 2.34. The van der Waals surface area contributed by atoms with E-state index in [4.69, 9.17) is 9.47 Å². The molecule has 0 spiro atoms. The molecular weight excluding hydrogens is 268 g/mol. The van der Waals surface area contributed by atoms with Gasteiger partial charge in [0.1, 0.15) is 17.5 Å². The van der Waals surface area contributed by atoms with Crippen LogP contribution >= 0.6 is 0 Å². The molecule has 1 saturated heterocycles. The first-order chi connectivity index (χ1) is 9.89. The second-order valence-electron chi connectivity index (χ2n) is 6.20. The summed E-state index contributed by atoms with van der Waals surface area (Å²) in [5, 5.41) is 3.38. The second kappa shape index (κ2) is 6.24. The van der Waals surface area contributed by atoms with Gasteiger partial charge in [0, 0.05) is 12.2 Å². The standard InChI is InChI=1S/C16H24N2O3/c1-16(2,3)21-15(19)18-11-5-6-14(18)17-12-7-9-13(20-4)10-8-12/h7-10,14,17H,5-6,11H2,1-4H3. The van der Waals surface area contributed by atoms with Crippen LogP contribution in [-0.4, -0.2) is 36.4 Å². The number of hydrogen-bond donors (Lipinski definition) is 1.